The predicted molar refractivity (Wildman–Crippen MR) is 143 cm³/mol. The minimum absolute atomic E-state index is 0.380. The van der Waals surface area contributed by atoms with Crippen LogP contribution < -0.4 is 0 Å². The van der Waals surface area contributed by atoms with E-state index in [9.17, 15) is 22.8 Å². The van der Waals surface area contributed by atoms with Crippen LogP contribution in [0.15, 0.2) is 70.7 Å². The van der Waals surface area contributed by atoms with Crippen LogP contribution in [0.2, 0.25) is 0 Å². The number of carbonyl (C=O) groups is 2. The number of hydrogen-bond acceptors (Lipinski definition) is 6. The Hall–Kier alpha value is -3.44. The lowest BCUT2D eigenvalue weighted by Gasteiger charge is -2.26. The van der Waals surface area contributed by atoms with Crippen molar-refractivity contribution in [1.82, 2.24) is 4.90 Å². The van der Waals surface area contributed by atoms with E-state index >= 15 is 0 Å². The summed E-state index contributed by atoms with van der Waals surface area (Å²) in [5.41, 5.74) is 1.66. The van der Waals surface area contributed by atoms with Gasteiger partial charge in [0.15, 0.2) is 0 Å². The summed E-state index contributed by atoms with van der Waals surface area (Å²) < 4.78 is 40.0. The predicted octanol–water partition coefficient (Wildman–Crippen LogP) is 5.52. The normalized spacial score (nSPS) is 16.0. The molecule has 11 heteroatoms. The van der Waals surface area contributed by atoms with E-state index in [1.807, 2.05) is 30.3 Å². The number of piperidine rings is 1. The molecule has 0 bridgehead atoms. The van der Waals surface area contributed by atoms with Crippen LogP contribution in [0.5, 0.6) is 0 Å². The number of thioether (sulfide) groups is 1. The van der Waals surface area contributed by atoms with Crippen molar-refractivity contribution < 1.29 is 33.0 Å². The molecule has 2 aromatic carbocycles. The Morgan fingerprint density at radius 3 is 2.24 bits per heavy atom. The van der Waals surface area contributed by atoms with E-state index < -0.39 is 23.7 Å². The quantitative estimate of drug-likeness (QED) is 0.462. The molecule has 0 radical (unpaired) electrons. The number of aliphatic imine (C=N–C) groups is 2. The number of nitrogens with zero attached hydrogens (tertiary/aromatic N) is 3. The zero-order valence-electron chi connectivity index (χ0n) is 20.5. The monoisotopic (exact) mass is 547 g/mol. The van der Waals surface area contributed by atoms with Gasteiger partial charge in [0.05, 0.1) is 28.6 Å². The molecule has 0 unspecified atom stereocenters. The fourth-order valence-electron chi connectivity index (χ4n) is 3.94. The van der Waals surface area contributed by atoms with Crippen LogP contribution >= 0.6 is 11.8 Å². The van der Waals surface area contributed by atoms with Crippen LogP contribution in [-0.2, 0) is 15.8 Å². The Bertz CT molecular complexity index is 1190. The molecule has 0 amide bonds. The number of halogens is 3. The molecule has 2 aromatic rings. The molecule has 0 aromatic heterocycles. The van der Waals surface area contributed by atoms with Crippen LogP contribution in [-0.4, -0.2) is 69.7 Å². The number of fused-ring (bicyclic) bond motifs is 1. The lowest BCUT2D eigenvalue weighted by atomic mass is 9.98. The van der Waals surface area contributed by atoms with Crippen LogP contribution in [0.1, 0.15) is 36.0 Å². The van der Waals surface area contributed by atoms with Gasteiger partial charge in [0.1, 0.15) is 0 Å². The van der Waals surface area contributed by atoms with Gasteiger partial charge in [-0.05, 0) is 44.1 Å². The molecular formula is C27H28F3N3O4S. The highest BCUT2D eigenvalue weighted by Crippen LogP contribution is 2.35. The topological polar surface area (TPSA) is 103 Å². The van der Waals surface area contributed by atoms with E-state index in [4.69, 9.17) is 15.2 Å². The average Bonchev–Trinajstić information content (AvgIpc) is 3.07. The third kappa shape index (κ3) is 9.14. The maximum Gasteiger partial charge on any atom is 0.416 e. The van der Waals surface area contributed by atoms with Gasteiger partial charge < -0.3 is 15.1 Å². The number of carboxylic acids is 2. The van der Waals surface area contributed by atoms with E-state index in [2.05, 4.69) is 9.89 Å². The lowest BCUT2D eigenvalue weighted by molar-refractivity contribution is -0.137. The van der Waals surface area contributed by atoms with Crippen molar-refractivity contribution in [2.24, 2.45) is 9.98 Å². The second kappa shape index (κ2) is 13.9. The zero-order valence-corrected chi connectivity index (χ0v) is 21.3. The van der Waals surface area contributed by atoms with Crippen LogP contribution in [0.25, 0.3) is 0 Å². The number of benzene rings is 2. The highest BCUT2D eigenvalue weighted by atomic mass is 32.2. The molecule has 4 rings (SSSR count). The summed E-state index contributed by atoms with van der Waals surface area (Å²) in [5, 5.41) is 16.5. The van der Waals surface area contributed by atoms with Gasteiger partial charge in [-0.25, -0.2) is 14.6 Å². The second-order valence-corrected chi connectivity index (χ2v) is 9.69. The Balaban J connectivity index is 0.000000436. The maximum absolute atomic E-state index is 13.3. The zero-order chi connectivity index (χ0) is 27.5. The van der Waals surface area contributed by atoms with Crippen LogP contribution in [0.4, 0.5) is 18.9 Å². The molecule has 2 aliphatic rings. The molecule has 202 valence electrons. The second-order valence-electron chi connectivity index (χ2n) is 8.53. The number of carboxylic acid groups (broad SMARTS) is 2. The fourth-order valence-corrected chi connectivity index (χ4v) is 4.84. The molecule has 2 heterocycles. The van der Waals surface area contributed by atoms with Crippen molar-refractivity contribution in [3.05, 3.63) is 77.4 Å². The Kier molecular flexibility index (Phi) is 10.7. The first-order valence-electron chi connectivity index (χ1n) is 12.0. The summed E-state index contributed by atoms with van der Waals surface area (Å²) in [6, 6.07) is 13.1. The third-order valence-corrected chi connectivity index (χ3v) is 6.68. The van der Waals surface area contributed by atoms with Crippen molar-refractivity contribution in [3.8, 4) is 0 Å². The average molecular weight is 548 g/mol. The fraction of sp³-hybridized carbons (Fsp3) is 0.333. The number of hydrogen-bond donors (Lipinski definition) is 2. The summed E-state index contributed by atoms with van der Waals surface area (Å²) in [4.78, 5) is 31.0. The summed E-state index contributed by atoms with van der Waals surface area (Å²) in [6.45, 7) is 3.67. The van der Waals surface area contributed by atoms with Crippen molar-refractivity contribution in [2.45, 2.75) is 25.4 Å². The summed E-state index contributed by atoms with van der Waals surface area (Å²) >= 11 is 1.65. The van der Waals surface area contributed by atoms with E-state index in [0.717, 1.165) is 42.1 Å². The standard InChI is InChI=1S/C23H24F3N3S.C4H4O4/c24-23(25,26)18-9-10-20-19(15-18)22(17-7-3-1-4-8-17)27-16-21(28-20)30-14-13-29-11-5-2-6-12-29;5-3(6)1-2-4(7)8/h1,3-4,7-10,15H,2,5-6,11-14,16H2;1-2H,(H,5,6)(H,7,8)/b;2-1+. The highest BCUT2D eigenvalue weighted by molar-refractivity contribution is 8.14. The van der Waals surface area contributed by atoms with Crippen molar-refractivity contribution in [2.75, 3.05) is 31.9 Å². The van der Waals surface area contributed by atoms with Gasteiger partial charge in [-0.3, -0.25) is 4.99 Å². The Morgan fingerprint density at radius 1 is 0.974 bits per heavy atom. The minimum atomic E-state index is -4.40. The van der Waals surface area contributed by atoms with E-state index in [1.54, 1.807) is 11.8 Å². The highest BCUT2D eigenvalue weighted by Gasteiger charge is 2.32. The van der Waals surface area contributed by atoms with Crippen LogP contribution in [0, 0.1) is 0 Å². The number of rotatable bonds is 6. The molecule has 7 nitrogen and oxygen atoms in total. The smallest absolute Gasteiger partial charge is 0.416 e. The van der Waals surface area contributed by atoms with Crippen molar-refractivity contribution >= 4 is 40.1 Å². The largest absolute Gasteiger partial charge is 0.478 e. The van der Waals surface area contributed by atoms with Gasteiger partial charge in [0.25, 0.3) is 0 Å². The molecule has 1 saturated heterocycles. The van der Waals surface area contributed by atoms with Gasteiger partial charge in [-0.15, -0.1) is 11.8 Å². The van der Waals surface area contributed by atoms with Crippen LogP contribution in [0.3, 0.4) is 0 Å². The maximum atomic E-state index is 13.3. The number of likely N-dealkylation sites (tertiary alicyclic amines) is 1. The SMILES string of the molecule is FC(F)(F)c1ccc2c(c1)C(c1ccccc1)=NCC(SCCN1CCCCC1)=N2.O=C(O)/C=C/C(=O)O. The van der Waals surface area contributed by atoms with E-state index in [-0.39, 0.29) is 0 Å². The Morgan fingerprint density at radius 2 is 1.63 bits per heavy atom. The van der Waals surface area contributed by atoms with Crippen molar-refractivity contribution in [3.63, 3.8) is 0 Å². The van der Waals surface area contributed by atoms with Gasteiger partial charge in [-0.1, -0.05) is 36.8 Å². The molecule has 0 atom stereocenters. The van der Waals surface area contributed by atoms with E-state index in [1.165, 1.54) is 31.4 Å². The lowest BCUT2D eigenvalue weighted by Crippen LogP contribution is -2.31. The summed E-state index contributed by atoms with van der Waals surface area (Å²) in [7, 11) is 0. The molecule has 0 saturated carbocycles. The summed E-state index contributed by atoms with van der Waals surface area (Å²) in [5.74, 6) is -1.61. The van der Waals surface area contributed by atoms with Gasteiger partial charge in [0.2, 0.25) is 0 Å². The molecule has 2 aliphatic heterocycles. The number of alkyl halides is 3. The first kappa shape index (κ1) is 29.1. The molecule has 1 fully saturated rings. The van der Waals surface area contributed by atoms with Gasteiger partial charge >= 0.3 is 18.1 Å². The molecule has 0 spiro atoms. The number of aliphatic carboxylic acids is 2. The third-order valence-electron chi connectivity index (χ3n) is 5.74. The molecule has 38 heavy (non-hydrogen) atoms. The Labute approximate surface area is 222 Å². The summed E-state index contributed by atoms with van der Waals surface area (Å²) in [6.07, 6.45) is 0.532. The van der Waals surface area contributed by atoms with Gasteiger partial charge in [0, 0.05) is 35.6 Å². The molecule has 0 aliphatic carbocycles. The minimum Gasteiger partial charge on any atom is -0.478 e. The van der Waals surface area contributed by atoms with Gasteiger partial charge in [-0.2, -0.15) is 13.2 Å². The van der Waals surface area contributed by atoms with Crippen molar-refractivity contribution in [1.29, 1.82) is 0 Å². The van der Waals surface area contributed by atoms with E-state index in [0.29, 0.717) is 35.7 Å². The molecular weight excluding hydrogens is 519 g/mol. The first-order chi connectivity index (χ1) is 18.1. The molecule has 2 N–H and O–H groups in total. The first-order valence-corrected chi connectivity index (χ1v) is 13.0.